The second-order valence-corrected chi connectivity index (χ2v) is 8.05. The van der Waals surface area contributed by atoms with Gasteiger partial charge >= 0.3 is 7.12 Å². The molecule has 0 aromatic heterocycles. The Balaban J connectivity index is 2.03. The van der Waals surface area contributed by atoms with Gasteiger partial charge in [-0.25, -0.2) is 0 Å². The number of nitrogens with zero attached hydrogens (tertiary/aromatic N) is 2. The third-order valence-electron chi connectivity index (χ3n) is 6.41. The fraction of sp³-hybridized carbons (Fsp3) is 0.333. The van der Waals surface area contributed by atoms with E-state index in [1.54, 1.807) is 0 Å². The van der Waals surface area contributed by atoms with Gasteiger partial charge in [0.1, 0.15) is 0 Å². The molecule has 4 nitrogen and oxygen atoms in total. The van der Waals surface area contributed by atoms with Crippen molar-refractivity contribution >= 4 is 41.5 Å². The van der Waals surface area contributed by atoms with Gasteiger partial charge in [-0.2, -0.15) is 0 Å². The fourth-order valence-electron chi connectivity index (χ4n) is 4.63. The Labute approximate surface area is 172 Å². The number of aryl methyl sites for hydroxylation is 1. The van der Waals surface area contributed by atoms with Crippen molar-refractivity contribution in [3.63, 3.8) is 0 Å². The van der Waals surface area contributed by atoms with Gasteiger partial charge in [0.05, 0.1) is 11.4 Å². The lowest BCUT2D eigenvalue weighted by Crippen LogP contribution is -2.40. The predicted octanol–water partition coefficient (Wildman–Crippen LogP) is 3.35. The van der Waals surface area contributed by atoms with Crippen LogP contribution in [0.15, 0.2) is 46.4 Å². The molecule has 29 heavy (non-hydrogen) atoms. The molecule has 2 aromatic carbocycles. The number of hydrogen-bond acceptors (Lipinski definition) is 4. The molecule has 0 amide bonds. The molecule has 0 radical (unpaired) electrons. The van der Waals surface area contributed by atoms with Crippen molar-refractivity contribution in [3.05, 3.63) is 58.0 Å². The summed E-state index contributed by atoms with van der Waals surface area (Å²) in [6, 6.07) is 12.3. The minimum Gasteiger partial charge on any atom is -0.423 e. The Morgan fingerprint density at radius 3 is 2.45 bits per heavy atom. The van der Waals surface area contributed by atoms with Crippen LogP contribution in [0.4, 0.5) is 11.4 Å². The number of fused-ring (bicyclic) bond motifs is 2. The zero-order valence-electron chi connectivity index (χ0n) is 17.5. The zero-order chi connectivity index (χ0) is 20.7. The Kier molecular flexibility index (Phi) is 5.28. The first-order chi connectivity index (χ1) is 13.9. The van der Waals surface area contributed by atoms with Crippen LogP contribution in [-0.4, -0.2) is 29.1 Å². The van der Waals surface area contributed by atoms with E-state index in [1.807, 2.05) is 31.3 Å². The molecule has 0 saturated heterocycles. The van der Waals surface area contributed by atoms with Gasteiger partial charge in [-0.05, 0) is 65.2 Å². The van der Waals surface area contributed by atoms with E-state index in [9.17, 15) is 10.0 Å². The second kappa shape index (κ2) is 7.73. The van der Waals surface area contributed by atoms with Crippen molar-refractivity contribution < 1.29 is 10.0 Å². The average Bonchev–Trinajstić information content (AvgIpc) is 2.72. The van der Waals surface area contributed by atoms with Crippen LogP contribution in [-0.2, 0) is 0 Å². The van der Waals surface area contributed by atoms with E-state index in [1.165, 1.54) is 11.1 Å². The number of aliphatic imine (C=N–C) groups is 2. The van der Waals surface area contributed by atoms with Gasteiger partial charge in [0.15, 0.2) is 0 Å². The highest BCUT2D eigenvalue weighted by molar-refractivity contribution is 6.63. The van der Waals surface area contributed by atoms with Crippen molar-refractivity contribution in [2.45, 2.75) is 46.5 Å². The Hall–Kier alpha value is -2.50. The van der Waals surface area contributed by atoms with Gasteiger partial charge < -0.3 is 10.0 Å². The van der Waals surface area contributed by atoms with Gasteiger partial charge in [0.2, 0.25) is 0 Å². The van der Waals surface area contributed by atoms with Crippen LogP contribution in [0.3, 0.4) is 0 Å². The molecule has 0 unspecified atom stereocenters. The quantitative estimate of drug-likeness (QED) is 0.628. The number of benzene rings is 2. The predicted molar refractivity (Wildman–Crippen MR) is 122 cm³/mol. The lowest BCUT2D eigenvalue weighted by molar-refractivity contribution is 0.424. The number of rotatable bonds is 3. The highest BCUT2D eigenvalue weighted by atomic mass is 16.4. The molecule has 2 aromatic rings. The minimum atomic E-state index is -1.42. The van der Waals surface area contributed by atoms with Crippen LogP contribution < -0.4 is 10.4 Å². The molecule has 2 aliphatic rings. The molecule has 5 heteroatoms. The molecule has 2 N–H and O–H groups in total. The van der Waals surface area contributed by atoms with Gasteiger partial charge in [0, 0.05) is 17.8 Å². The second-order valence-electron chi connectivity index (χ2n) is 8.05. The smallest absolute Gasteiger partial charge is 0.423 e. The summed E-state index contributed by atoms with van der Waals surface area (Å²) in [6.45, 7) is 8.51. The van der Waals surface area contributed by atoms with Crippen LogP contribution in [0.2, 0.25) is 0 Å². The molecule has 1 heterocycles. The van der Waals surface area contributed by atoms with Gasteiger partial charge in [-0.1, -0.05) is 50.2 Å². The lowest BCUT2D eigenvalue weighted by atomic mass is 9.70. The molecule has 4 rings (SSSR count). The molecule has 148 valence electrons. The maximum atomic E-state index is 9.83. The summed E-state index contributed by atoms with van der Waals surface area (Å²) in [5, 5.41) is 21.7. The van der Waals surface area contributed by atoms with Crippen molar-refractivity contribution in [1.29, 1.82) is 0 Å². The maximum absolute atomic E-state index is 9.83. The van der Waals surface area contributed by atoms with Crippen LogP contribution >= 0.6 is 0 Å². The first kappa shape index (κ1) is 19.8. The summed E-state index contributed by atoms with van der Waals surface area (Å²) >= 11 is 0. The summed E-state index contributed by atoms with van der Waals surface area (Å²) in [6.07, 6.45) is 3.21. The van der Waals surface area contributed by atoms with E-state index >= 15 is 0 Å². The van der Waals surface area contributed by atoms with E-state index in [4.69, 9.17) is 4.99 Å². The molecule has 2 atom stereocenters. The first-order valence-electron chi connectivity index (χ1n) is 10.3. The minimum absolute atomic E-state index is 0.271. The van der Waals surface area contributed by atoms with E-state index in [0.29, 0.717) is 17.8 Å². The van der Waals surface area contributed by atoms with Crippen LogP contribution in [0, 0.1) is 12.8 Å². The summed E-state index contributed by atoms with van der Waals surface area (Å²) in [7, 11) is -1.42. The summed E-state index contributed by atoms with van der Waals surface area (Å²) in [4.78, 5) is 9.81. The largest absolute Gasteiger partial charge is 0.484 e. The van der Waals surface area contributed by atoms with Crippen molar-refractivity contribution in [2.24, 2.45) is 15.9 Å². The summed E-state index contributed by atoms with van der Waals surface area (Å²) in [5.74, 6) is 0.602. The van der Waals surface area contributed by atoms with Crippen LogP contribution in [0.1, 0.15) is 50.7 Å². The third kappa shape index (κ3) is 3.28. The first-order valence-corrected chi connectivity index (χ1v) is 10.3. The van der Waals surface area contributed by atoms with E-state index in [0.717, 1.165) is 39.5 Å². The molecule has 0 spiro atoms. The Morgan fingerprint density at radius 2 is 1.76 bits per heavy atom. The third-order valence-corrected chi connectivity index (χ3v) is 6.41. The Bertz CT molecular complexity index is 1150. The van der Waals surface area contributed by atoms with Gasteiger partial charge in [-0.15, -0.1) is 0 Å². The highest BCUT2D eigenvalue weighted by Gasteiger charge is 2.32. The lowest BCUT2D eigenvalue weighted by Gasteiger charge is -2.31. The molecule has 1 aliphatic carbocycles. The fourth-order valence-corrected chi connectivity index (χ4v) is 4.63. The zero-order valence-corrected chi connectivity index (χ0v) is 17.5. The maximum Gasteiger partial charge on any atom is 0.484 e. The molecule has 1 aliphatic heterocycles. The number of hydrogen-bond donors (Lipinski definition) is 2. The molecule has 0 bridgehead atoms. The van der Waals surface area contributed by atoms with Crippen LogP contribution in [0.5, 0.6) is 0 Å². The van der Waals surface area contributed by atoms with Crippen LogP contribution in [0.25, 0.3) is 11.0 Å². The molecular formula is C24H27BN2O2. The SMILES string of the molecule is C/C=N\c1c(C)ccc2c1N=C(C1=c3ccccc3=C(B(O)O)CC1)[C@@H](C)[C@H]2C. The standard InChI is InChI=1S/C24H27BN2O2/c1-5-26-22-14(2)10-11-17-15(3)16(4)23(27-24(17)22)20-12-13-21(25(28)29)19-9-7-6-8-18(19)20/h5-11,15-16,28-29H,12-13H2,1-4H3/b26-5-/t15-,16+/m1/s1. The van der Waals surface area contributed by atoms with E-state index in [2.05, 4.69) is 44.0 Å². The summed E-state index contributed by atoms with van der Waals surface area (Å²) in [5.41, 5.74) is 7.29. The molecule has 0 saturated carbocycles. The van der Waals surface area contributed by atoms with E-state index in [-0.39, 0.29) is 5.92 Å². The monoisotopic (exact) mass is 386 g/mol. The average molecular weight is 386 g/mol. The van der Waals surface area contributed by atoms with Gasteiger partial charge in [0.25, 0.3) is 0 Å². The van der Waals surface area contributed by atoms with E-state index < -0.39 is 7.12 Å². The van der Waals surface area contributed by atoms with Crippen molar-refractivity contribution in [2.75, 3.05) is 0 Å². The van der Waals surface area contributed by atoms with Gasteiger partial charge in [-0.3, -0.25) is 9.98 Å². The van der Waals surface area contributed by atoms with Crippen molar-refractivity contribution in [1.82, 2.24) is 0 Å². The highest BCUT2D eigenvalue weighted by Crippen LogP contribution is 2.46. The normalized spacial score (nSPS) is 21.1. The summed E-state index contributed by atoms with van der Waals surface area (Å²) < 4.78 is 0. The molecule has 0 fully saturated rings. The van der Waals surface area contributed by atoms with Crippen molar-refractivity contribution in [3.8, 4) is 0 Å². The molecular weight excluding hydrogens is 359 g/mol. The Morgan fingerprint density at radius 1 is 1.03 bits per heavy atom. The topological polar surface area (TPSA) is 65.2 Å².